The van der Waals surface area contributed by atoms with Crippen molar-refractivity contribution in [1.82, 2.24) is 15.0 Å². The Balaban J connectivity index is 2.27. The Kier molecular flexibility index (Phi) is 4.42. The van der Waals surface area contributed by atoms with Crippen molar-refractivity contribution >= 4 is 5.91 Å². The number of hydrogen-bond acceptors (Lipinski definition) is 6. The zero-order valence-electron chi connectivity index (χ0n) is 12.4. The van der Waals surface area contributed by atoms with Crippen molar-refractivity contribution in [3.05, 3.63) is 35.7 Å². The van der Waals surface area contributed by atoms with Crippen LogP contribution in [0, 0.1) is 0 Å². The van der Waals surface area contributed by atoms with Gasteiger partial charge in [-0.3, -0.25) is 4.79 Å². The van der Waals surface area contributed by atoms with Crippen molar-refractivity contribution < 1.29 is 18.8 Å². The Morgan fingerprint density at radius 1 is 1.29 bits per heavy atom. The lowest BCUT2D eigenvalue weighted by molar-refractivity contribution is 0.0733. The molecule has 0 aliphatic heterocycles. The third-order valence-corrected chi connectivity index (χ3v) is 3.25. The van der Waals surface area contributed by atoms with E-state index in [4.69, 9.17) is 14.0 Å². The number of amides is 1. The highest BCUT2D eigenvalue weighted by atomic mass is 16.5. The van der Waals surface area contributed by atoms with E-state index in [0.717, 1.165) is 0 Å². The van der Waals surface area contributed by atoms with Gasteiger partial charge in [-0.1, -0.05) is 5.16 Å². The van der Waals surface area contributed by atoms with Gasteiger partial charge in [0.15, 0.2) is 0 Å². The molecule has 0 saturated carbocycles. The molecule has 0 saturated heterocycles. The van der Waals surface area contributed by atoms with Gasteiger partial charge < -0.3 is 18.9 Å². The van der Waals surface area contributed by atoms with Crippen LogP contribution in [0.4, 0.5) is 0 Å². The minimum atomic E-state index is -0.233. The molecule has 2 rings (SSSR count). The maximum atomic E-state index is 12.6. The van der Waals surface area contributed by atoms with Crippen molar-refractivity contribution in [3.63, 3.8) is 0 Å². The topological polar surface area (TPSA) is 77.7 Å². The first kappa shape index (κ1) is 14.8. The summed E-state index contributed by atoms with van der Waals surface area (Å²) in [6.45, 7) is 1.86. The fraction of sp³-hybridized carbons (Fsp3) is 0.357. The first-order valence-corrected chi connectivity index (χ1v) is 6.35. The smallest absolute Gasteiger partial charge is 0.259 e. The van der Waals surface area contributed by atoms with Crippen LogP contribution in [0.15, 0.2) is 29.0 Å². The van der Waals surface area contributed by atoms with Crippen molar-refractivity contribution in [3.8, 4) is 11.8 Å². The number of ether oxygens (including phenoxy) is 2. The first-order valence-electron chi connectivity index (χ1n) is 6.35. The van der Waals surface area contributed by atoms with E-state index in [1.165, 1.54) is 20.5 Å². The maximum absolute atomic E-state index is 12.6. The van der Waals surface area contributed by atoms with Crippen LogP contribution < -0.4 is 9.47 Å². The Bertz CT molecular complexity index is 613. The number of carbonyl (C=O) groups excluding carboxylic acids is 1. The van der Waals surface area contributed by atoms with E-state index in [0.29, 0.717) is 17.1 Å². The maximum Gasteiger partial charge on any atom is 0.259 e. The first-order chi connectivity index (χ1) is 10.1. The zero-order chi connectivity index (χ0) is 15.4. The minimum absolute atomic E-state index is 0.221. The van der Waals surface area contributed by atoms with E-state index in [-0.39, 0.29) is 17.8 Å². The molecule has 7 heteroatoms. The van der Waals surface area contributed by atoms with E-state index in [1.54, 1.807) is 30.1 Å². The van der Waals surface area contributed by atoms with Crippen molar-refractivity contribution in [1.29, 1.82) is 0 Å². The van der Waals surface area contributed by atoms with Crippen molar-refractivity contribution in [2.24, 2.45) is 0 Å². The summed E-state index contributed by atoms with van der Waals surface area (Å²) in [6, 6.07) is 4.73. The van der Waals surface area contributed by atoms with Crippen LogP contribution in [0.1, 0.15) is 29.0 Å². The van der Waals surface area contributed by atoms with Crippen LogP contribution in [0.5, 0.6) is 11.8 Å². The van der Waals surface area contributed by atoms with E-state index < -0.39 is 0 Å². The van der Waals surface area contributed by atoms with Crippen LogP contribution in [-0.2, 0) is 0 Å². The summed E-state index contributed by atoms with van der Waals surface area (Å²) >= 11 is 0. The molecule has 2 aromatic rings. The molecule has 0 bridgehead atoms. The molecule has 0 radical (unpaired) electrons. The van der Waals surface area contributed by atoms with Gasteiger partial charge in [-0.05, 0) is 13.0 Å². The van der Waals surface area contributed by atoms with Crippen LogP contribution >= 0.6 is 0 Å². The Hall–Kier alpha value is -2.57. The third-order valence-electron chi connectivity index (χ3n) is 3.25. The number of methoxy groups -OCH3 is 2. The van der Waals surface area contributed by atoms with Gasteiger partial charge >= 0.3 is 0 Å². The quantitative estimate of drug-likeness (QED) is 0.837. The normalized spacial score (nSPS) is 11.8. The Morgan fingerprint density at radius 3 is 2.62 bits per heavy atom. The summed E-state index contributed by atoms with van der Waals surface area (Å²) < 4.78 is 15.0. The number of hydrogen-bond donors (Lipinski definition) is 0. The zero-order valence-corrected chi connectivity index (χ0v) is 12.4. The molecule has 0 aliphatic carbocycles. The molecule has 0 aliphatic rings. The van der Waals surface area contributed by atoms with Gasteiger partial charge in [-0.15, -0.1) is 0 Å². The molecule has 0 fully saturated rings. The summed E-state index contributed by atoms with van der Waals surface area (Å²) in [7, 11) is 4.65. The average Bonchev–Trinajstić information content (AvgIpc) is 3.06. The predicted octanol–water partition coefficient (Wildman–Crippen LogP) is 1.92. The number of rotatable bonds is 5. The fourth-order valence-electron chi connectivity index (χ4n) is 1.86. The highest BCUT2D eigenvalue weighted by Gasteiger charge is 2.24. The molecular formula is C14H17N3O4. The van der Waals surface area contributed by atoms with E-state index >= 15 is 0 Å². The Labute approximate surface area is 122 Å². The average molecular weight is 291 g/mol. The summed E-state index contributed by atoms with van der Waals surface area (Å²) in [5.41, 5.74) is 1.03. The van der Waals surface area contributed by atoms with Crippen molar-refractivity contribution in [2.45, 2.75) is 13.0 Å². The summed E-state index contributed by atoms with van der Waals surface area (Å²) in [6.07, 6.45) is 1.47. The fourth-order valence-corrected chi connectivity index (χ4v) is 1.86. The van der Waals surface area contributed by atoms with Gasteiger partial charge in [-0.25, -0.2) is 0 Å². The summed E-state index contributed by atoms with van der Waals surface area (Å²) in [5.74, 6) is 0.381. The number of nitrogens with zero attached hydrogens (tertiary/aromatic N) is 3. The molecule has 21 heavy (non-hydrogen) atoms. The monoisotopic (exact) mass is 291 g/mol. The molecule has 0 N–H and O–H groups in total. The molecule has 2 heterocycles. The minimum Gasteiger partial charge on any atom is -0.481 e. The summed E-state index contributed by atoms with van der Waals surface area (Å²) in [5, 5.41) is 3.85. The Morgan fingerprint density at radius 2 is 2.05 bits per heavy atom. The van der Waals surface area contributed by atoms with Crippen LogP contribution in [0.3, 0.4) is 0 Å². The van der Waals surface area contributed by atoms with Gasteiger partial charge in [0.1, 0.15) is 17.5 Å². The molecule has 1 amide bonds. The summed E-state index contributed by atoms with van der Waals surface area (Å²) in [4.78, 5) is 18.2. The highest BCUT2D eigenvalue weighted by molar-refractivity contribution is 5.96. The molecule has 2 aromatic heterocycles. The van der Waals surface area contributed by atoms with E-state index in [1.807, 2.05) is 6.92 Å². The second-order valence-corrected chi connectivity index (χ2v) is 4.43. The number of aromatic nitrogens is 2. The molecule has 0 spiro atoms. The molecule has 7 nitrogen and oxygen atoms in total. The van der Waals surface area contributed by atoms with Gasteiger partial charge in [-0.2, -0.15) is 4.98 Å². The van der Waals surface area contributed by atoms with Gasteiger partial charge in [0.2, 0.25) is 11.8 Å². The number of carbonyl (C=O) groups is 1. The van der Waals surface area contributed by atoms with Crippen LogP contribution in [-0.4, -0.2) is 42.2 Å². The molecule has 112 valence electrons. The number of pyridine rings is 1. The standard InChI is InChI=1S/C14H17N3O4/c1-9(11-7-8-21-16-11)17(2)14(18)10-5-6-12(19-3)15-13(10)20-4/h5-9H,1-4H3/t9-/m0/s1. The van der Waals surface area contributed by atoms with Gasteiger partial charge in [0.05, 0.1) is 20.3 Å². The lowest BCUT2D eigenvalue weighted by Crippen LogP contribution is -2.30. The van der Waals surface area contributed by atoms with E-state index in [9.17, 15) is 4.79 Å². The second kappa shape index (κ2) is 6.25. The van der Waals surface area contributed by atoms with Crippen molar-refractivity contribution in [2.75, 3.05) is 21.3 Å². The molecule has 0 aromatic carbocycles. The highest BCUT2D eigenvalue weighted by Crippen LogP contribution is 2.24. The largest absolute Gasteiger partial charge is 0.481 e. The van der Waals surface area contributed by atoms with Crippen LogP contribution in [0.2, 0.25) is 0 Å². The molecule has 1 atom stereocenters. The van der Waals surface area contributed by atoms with Crippen LogP contribution in [0.25, 0.3) is 0 Å². The SMILES string of the molecule is COc1ccc(C(=O)N(C)[C@@H](C)c2ccon2)c(OC)n1. The van der Waals surface area contributed by atoms with E-state index in [2.05, 4.69) is 10.1 Å². The third kappa shape index (κ3) is 2.96. The molecule has 0 unspecified atom stereocenters. The lowest BCUT2D eigenvalue weighted by atomic mass is 10.1. The lowest BCUT2D eigenvalue weighted by Gasteiger charge is -2.23. The molecular weight excluding hydrogens is 274 g/mol. The van der Waals surface area contributed by atoms with Gasteiger partial charge in [0.25, 0.3) is 5.91 Å². The van der Waals surface area contributed by atoms with Gasteiger partial charge in [0, 0.05) is 19.2 Å². The second-order valence-electron chi connectivity index (χ2n) is 4.43. The predicted molar refractivity (Wildman–Crippen MR) is 74.4 cm³/mol.